The van der Waals surface area contributed by atoms with Gasteiger partial charge in [0, 0.05) is 23.6 Å². The lowest BCUT2D eigenvalue weighted by Crippen LogP contribution is -2.29. The van der Waals surface area contributed by atoms with Crippen molar-refractivity contribution >= 4 is 21.6 Å². The van der Waals surface area contributed by atoms with Crippen LogP contribution in [-0.4, -0.2) is 31.7 Å². The van der Waals surface area contributed by atoms with Gasteiger partial charge in [-0.1, -0.05) is 19.1 Å². The standard InChI is InChI=1S/C16H25NO2S2/c1-4-20-15-8-7-14(11-15)17-12(2)13-5-9-16(10-6-13)21(3,18)19/h5-6,9-10,12,14-15,17H,4,7-8,11H2,1-3H3. The molecule has 1 aromatic carbocycles. The third-order valence-electron chi connectivity index (χ3n) is 4.08. The summed E-state index contributed by atoms with van der Waals surface area (Å²) in [6.45, 7) is 4.37. The van der Waals surface area contributed by atoms with Gasteiger partial charge in [0.2, 0.25) is 0 Å². The average molecular weight is 328 g/mol. The van der Waals surface area contributed by atoms with Crippen LogP contribution in [0.1, 0.15) is 44.7 Å². The minimum absolute atomic E-state index is 0.258. The van der Waals surface area contributed by atoms with E-state index in [1.165, 1.54) is 31.3 Å². The molecule has 1 fully saturated rings. The molecule has 0 amide bonds. The molecule has 118 valence electrons. The highest BCUT2D eigenvalue weighted by atomic mass is 32.2. The molecule has 1 saturated carbocycles. The Balaban J connectivity index is 1.93. The summed E-state index contributed by atoms with van der Waals surface area (Å²) in [4.78, 5) is 0.388. The summed E-state index contributed by atoms with van der Waals surface area (Å²) >= 11 is 2.06. The first-order chi connectivity index (χ1) is 9.90. The monoisotopic (exact) mass is 327 g/mol. The number of sulfone groups is 1. The van der Waals surface area contributed by atoms with Gasteiger partial charge in [-0.15, -0.1) is 0 Å². The minimum atomic E-state index is -3.10. The molecule has 5 heteroatoms. The van der Waals surface area contributed by atoms with Gasteiger partial charge < -0.3 is 5.32 Å². The molecule has 0 radical (unpaired) electrons. The minimum Gasteiger partial charge on any atom is -0.307 e. The summed E-state index contributed by atoms with van der Waals surface area (Å²) in [5.41, 5.74) is 1.15. The molecule has 2 rings (SSSR count). The quantitative estimate of drug-likeness (QED) is 0.870. The van der Waals surface area contributed by atoms with E-state index in [0.29, 0.717) is 10.9 Å². The van der Waals surface area contributed by atoms with Crippen molar-refractivity contribution in [1.29, 1.82) is 0 Å². The maximum Gasteiger partial charge on any atom is 0.175 e. The van der Waals surface area contributed by atoms with Gasteiger partial charge in [-0.05, 0) is 49.6 Å². The Morgan fingerprint density at radius 3 is 2.52 bits per heavy atom. The maximum atomic E-state index is 11.5. The second kappa shape index (κ2) is 7.16. The van der Waals surface area contributed by atoms with Gasteiger partial charge in [-0.25, -0.2) is 8.42 Å². The molecule has 0 aliphatic heterocycles. The van der Waals surface area contributed by atoms with Gasteiger partial charge in [0.05, 0.1) is 4.90 Å². The van der Waals surface area contributed by atoms with E-state index >= 15 is 0 Å². The number of hydrogen-bond donors (Lipinski definition) is 1. The fourth-order valence-electron chi connectivity index (χ4n) is 2.93. The SMILES string of the molecule is CCSC1CCC(NC(C)c2ccc(S(C)(=O)=O)cc2)C1. The molecule has 1 aromatic rings. The lowest BCUT2D eigenvalue weighted by atomic mass is 10.1. The Bertz CT molecular complexity index is 554. The molecule has 1 aliphatic carbocycles. The van der Waals surface area contributed by atoms with Crippen LogP contribution < -0.4 is 5.32 Å². The van der Waals surface area contributed by atoms with Crippen molar-refractivity contribution in [3.05, 3.63) is 29.8 Å². The van der Waals surface area contributed by atoms with Gasteiger partial charge in [-0.3, -0.25) is 0 Å². The first-order valence-corrected chi connectivity index (χ1v) is 10.5. The first kappa shape index (κ1) is 16.8. The van der Waals surface area contributed by atoms with Gasteiger partial charge in [-0.2, -0.15) is 11.8 Å². The Morgan fingerprint density at radius 2 is 1.95 bits per heavy atom. The van der Waals surface area contributed by atoms with E-state index in [1.54, 1.807) is 12.1 Å². The van der Waals surface area contributed by atoms with Crippen LogP contribution in [0, 0.1) is 0 Å². The van der Waals surface area contributed by atoms with Crippen LogP contribution in [0.3, 0.4) is 0 Å². The summed E-state index contributed by atoms with van der Waals surface area (Å²) in [5.74, 6) is 1.19. The van der Waals surface area contributed by atoms with Crippen molar-refractivity contribution in [2.75, 3.05) is 12.0 Å². The van der Waals surface area contributed by atoms with Gasteiger partial charge in [0.25, 0.3) is 0 Å². The normalized spacial score (nSPS) is 24.1. The third kappa shape index (κ3) is 4.73. The van der Waals surface area contributed by atoms with Crippen LogP contribution in [0.15, 0.2) is 29.2 Å². The second-order valence-electron chi connectivity index (χ2n) is 5.82. The highest BCUT2D eigenvalue weighted by Crippen LogP contribution is 2.31. The number of thioether (sulfide) groups is 1. The molecular formula is C16H25NO2S2. The second-order valence-corrected chi connectivity index (χ2v) is 9.41. The van der Waals surface area contributed by atoms with Crippen molar-refractivity contribution < 1.29 is 8.42 Å². The lowest BCUT2D eigenvalue weighted by molar-refractivity contribution is 0.462. The summed E-state index contributed by atoms with van der Waals surface area (Å²) in [6, 6.07) is 8.08. The van der Waals surface area contributed by atoms with E-state index in [4.69, 9.17) is 0 Å². The highest BCUT2D eigenvalue weighted by molar-refractivity contribution is 7.99. The molecule has 3 unspecified atom stereocenters. The molecular weight excluding hydrogens is 302 g/mol. The smallest absolute Gasteiger partial charge is 0.175 e. The van der Waals surface area contributed by atoms with Crippen molar-refractivity contribution in [3.63, 3.8) is 0 Å². The van der Waals surface area contributed by atoms with Crippen LogP contribution in [-0.2, 0) is 9.84 Å². The molecule has 0 bridgehead atoms. The van der Waals surface area contributed by atoms with E-state index in [2.05, 4.69) is 30.9 Å². The van der Waals surface area contributed by atoms with Crippen LogP contribution in [0.5, 0.6) is 0 Å². The molecule has 3 nitrogen and oxygen atoms in total. The molecule has 3 atom stereocenters. The Labute approximate surface area is 132 Å². The van der Waals surface area contributed by atoms with E-state index < -0.39 is 9.84 Å². The number of rotatable bonds is 6. The van der Waals surface area contributed by atoms with Crippen molar-refractivity contribution in [3.8, 4) is 0 Å². The summed E-state index contributed by atoms with van der Waals surface area (Å²) in [7, 11) is -3.10. The van der Waals surface area contributed by atoms with Crippen LogP contribution in [0.25, 0.3) is 0 Å². The third-order valence-corrected chi connectivity index (χ3v) is 6.44. The molecule has 0 aromatic heterocycles. The number of hydrogen-bond acceptors (Lipinski definition) is 4. The zero-order chi connectivity index (χ0) is 15.5. The summed E-state index contributed by atoms with van der Waals surface area (Å²) < 4.78 is 22.9. The number of benzene rings is 1. The van der Waals surface area contributed by atoms with Crippen molar-refractivity contribution in [1.82, 2.24) is 5.32 Å². The Kier molecular flexibility index (Phi) is 5.74. The van der Waals surface area contributed by atoms with Gasteiger partial charge in [0.1, 0.15) is 0 Å². The average Bonchev–Trinajstić information content (AvgIpc) is 2.86. The zero-order valence-electron chi connectivity index (χ0n) is 13.0. The van der Waals surface area contributed by atoms with E-state index in [1.807, 2.05) is 12.1 Å². The van der Waals surface area contributed by atoms with Crippen LogP contribution in [0.4, 0.5) is 0 Å². The fraction of sp³-hybridized carbons (Fsp3) is 0.625. The zero-order valence-corrected chi connectivity index (χ0v) is 14.6. The molecule has 21 heavy (non-hydrogen) atoms. The fourth-order valence-corrected chi connectivity index (χ4v) is 4.71. The molecule has 0 saturated heterocycles. The molecule has 0 spiro atoms. The lowest BCUT2D eigenvalue weighted by Gasteiger charge is -2.20. The first-order valence-electron chi connectivity index (χ1n) is 7.57. The predicted octanol–water partition coefficient (Wildman–Crippen LogP) is 3.41. The predicted molar refractivity (Wildman–Crippen MR) is 90.7 cm³/mol. The van der Waals surface area contributed by atoms with Gasteiger partial charge in [0.15, 0.2) is 9.84 Å². The largest absolute Gasteiger partial charge is 0.307 e. The van der Waals surface area contributed by atoms with Crippen LogP contribution >= 0.6 is 11.8 Å². The summed E-state index contributed by atoms with van der Waals surface area (Å²) in [6.07, 6.45) is 5.03. The molecule has 1 N–H and O–H groups in total. The van der Waals surface area contributed by atoms with E-state index in [9.17, 15) is 8.42 Å². The summed E-state index contributed by atoms with van der Waals surface area (Å²) in [5, 5.41) is 4.48. The van der Waals surface area contributed by atoms with Crippen molar-refractivity contribution in [2.45, 2.75) is 55.3 Å². The maximum absolute atomic E-state index is 11.5. The van der Waals surface area contributed by atoms with Crippen molar-refractivity contribution in [2.24, 2.45) is 0 Å². The topological polar surface area (TPSA) is 46.2 Å². The Hall–Kier alpha value is -0.520. The van der Waals surface area contributed by atoms with Crippen LogP contribution in [0.2, 0.25) is 0 Å². The molecule has 1 aliphatic rings. The highest BCUT2D eigenvalue weighted by Gasteiger charge is 2.25. The van der Waals surface area contributed by atoms with E-state index in [-0.39, 0.29) is 6.04 Å². The Morgan fingerprint density at radius 1 is 1.29 bits per heavy atom. The van der Waals surface area contributed by atoms with E-state index in [0.717, 1.165) is 10.8 Å². The van der Waals surface area contributed by atoms with Gasteiger partial charge >= 0.3 is 0 Å². The number of nitrogens with one attached hydrogen (secondary N) is 1. The molecule has 0 heterocycles.